The van der Waals surface area contributed by atoms with E-state index in [4.69, 9.17) is 9.47 Å². The normalized spacial score (nSPS) is 21.5. The van der Waals surface area contributed by atoms with Gasteiger partial charge in [0.1, 0.15) is 5.37 Å². The van der Waals surface area contributed by atoms with E-state index in [1.54, 1.807) is 18.7 Å². The molecule has 1 aliphatic heterocycles. The van der Waals surface area contributed by atoms with Crippen LogP contribution in [0.15, 0.2) is 0 Å². The van der Waals surface area contributed by atoms with Crippen LogP contribution in [0.5, 0.6) is 0 Å². The van der Waals surface area contributed by atoms with Gasteiger partial charge in [0.25, 0.3) is 0 Å². The molecule has 0 aromatic carbocycles. The van der Waals surface area contributed by atoms with Gasteiger partial charge in [-0.25, -0.2) is 8.42 Å². The molecule has 1 aliphatic rings. The fraction of sp³-hybridized carbons (Fsp3) is 1.00. The standard InChI is InChI=1S/C13H27NO4S2/c1-4-17-13(18-5-2)7-8-14-9-10-19-11-12(14)20(15,16)6-3/h12-13H,4-11H2,1-3H3. The summed E-state index contributed by atoms with van der Waals surface area (Å²) >= 11 is 1.72. The third kappa shape index (κ3) is 5.52. The molecule has 0 aromatic heterocycles. The molecule has 1 saturated heterocycles. The van der Waals surface area contributed by atoms with Gasteiger partial charge in [0.15, 0.2) is 16.1 Å². The van der Waals surface area contributed by atoms with Gasteiger partial charge in [0, 0.05) is 50.0 Å². The van der Waals surface area contributed by atoms with Gasteiger partial charge in [-0.3, -0.25) is 4.90 Å². The first-order chi connectivity index (χ1) is 9.55. The first-order valence-corrected chi connectivity index (χ1v) is 10.2. The van der Waals surface area contributed by atoms with Crippen LogP contribution in [0.25, 0.3) is 0 Å². The second-order valence-corrected chi connectivity index (χ2v) is 8.24. The molecular formula is C13H27NO4S2. The number of hydrogen-bond donors (Lipinski definition) is 0. The van der Waals surface area contributed by atoms with Crippen LogP contribution in [0, 0.1) is 0 Å². The lowest BCUT2D eigenvalue weighted by atomic mass is 10.3. The van der Waals surface area contributed by atoms with Gasteiger partial charge in [-0.1, -0.05) is 6.92 Å². The topological polar surface area (TPSA) is 55.8 Å². The summed E-state index contributed by atoms with van der Waals surface area (Å²) in [5, 5.41) is -0.352. The van der Waals surface area contributed by atoms with Crippen LogP contribution < -0.4 is 0 Å². The van der Waals surface area contributed by atoms with Crippen molar-refractivity contribution in [1.29, 1.82) is 0 Å². The van der Waals surface area contributed by atoms with Crippen LogP contribution >= 0.6 is 11.8 Å². The maximum atomic E-state index is 12.1. The minimum atomic E-state index is -3.02. The molecule has 7 heteroatoms. The van der Waals surface area contributed by atoms with E-state index < -0.39 is 9.84 Å². The molecule has 20 heavy (non-hydrogen) atoms. The zero-order chi connectivity index (χ0) is 15.0. The van der Waals surface area contributed by atoms with Crippen molar-refractivity contribution in [2.45, 2.75) is 38.9 Å². The molecule has 120 valence electrons. The molecule has 5 nitrogen and oxygen atoms in total. The van der Waals surface area contributed by atoms with Gasteiger partial charge < -0.3 is 9.47 Å². The van der Waals surface area contributed by atoms with E-state index in [0.717, 1.165) is 12.3 Å². The van der Waals surface area contributed by atoms with Gasteiger partial charge in [-0.05, 0) is 13.8 Å². The second kappa shape index (κ2) is 9.25. The average molecular weight is 325 g/mol. The molecule has 0 saturated carbocycles. The first-order valence-electron chi connectivity index (χ1n) is 7.31. The predicted molar refractivity (Wildman–Crippen MR) is 83.8 cm³/mol. The van der Waals surface area contributed by atoms with Gasteiger partial charge in [0.2, 0.25) is 0 Å². The molecule has 1 unspecified atom stereocenters. The zero-order valence-electron chi connectivity index (χ0n) is 12.7. The lowest BCUT2D eigenvalue weighted by Crippen LogP contribution is -2.48. The maximum absolute atomic E-state index is 12.1. The highest BCUT2D eigenvalue weighted by atomic mass is 32.2. The number of thioether (sulfide) groups is 1. The van der Waals surface area contributed by atoms with Gasteiger partial charge in [-0.15, -0.1) is 0 Å². The number of hydrogen-bond acceptors (Lipinski definition) is 6. The molecule has 0 amide bonds. The molecule has 0 spiro atoms. The molecule has 1 heterocycles. The summed E-state index contributed by atoms with van der Waals surface area (Å²) in [6.07, 6.45) is 0.479. The van der Waals surface area contributed by atoms with E-state index >= 15 is 0 Å². The number of ether oxygens (including phenoxy) is 2. The highest BCUT2D eigenvalue weighted by Crippen LogP contribution is 2.22. The SMILES string of the molecule is CCOC(CCN1CCSCC1S(=O)(=O)CC)OCC. The highest BCUT2D eigenvalue weighted by molar-refractivity contribution is 8.01. The third-order valence-corrected chi connectivity index (χ3v) is 6.70. The fourth-order valence-electron chi connectivity index (χ4n) is 2.25. The summed E-state index contributed by atoms with van der Waals surface area (Å²) < 4.78 is 35.3. The van der Waals surface area contributed by atoms with E-state index in [2.05, 4.69) is 4.90 Å². The van der Waals surface area contributed by atoms with Crippen molar-refractivity contribution in [1.82, 2.24) is 4.90 Å². The van der Waals surface area contributed by atoms with E-state index in [9.17, 15) is 8.42 Å². The second-order valence-electron chi connectivity index (χ2n) is 4.65. The van der Waals surface area contributed by atoms with E-state index in [1.807, 2.05) is 13.8 Å². The Hall–Kier alpha value is 0.180. The molecule has 1 atom stereocenters. The zero-order valence-corrected chi connectivity index (χ0v) is 14.3. The quantitative estimate of drug-likeness (QED) is 0.600. The van der Waals surface area contributed by atoms with Crippen LogP contribution in [-0.4, -0.2) is 68.5 Å². The van der Waals surface area contributed by atoms with Crippen molar-refractivity contribution in [2.75, 3.05) is 43.6 Å². The largest absolute Gasteiger partial charge is 0.353 e. The Morgan fingerprint density at radius 1 is 1.25 bits per heavy atom. The van der Waals surface area contributed by atoms with Crippen LogP contribution in [-0.2, 0) is 19.3 Å². The first kappa shape index (κ1) is 18.2. The summed E-state index contributed by atoms with van der Waals surface area (Å²) in [6, 6.07) is 0. The van der Waals surface area contributed by atoms with Crippen LogP contribution in [0.4, 0.5) is 0 Å². The Bertz CT molecular complexity index is 355. The molecule has 0 aliphatic carbocycles. The van der Waals surface area contributed by atoms with E-state index in [-0.39, 0.29) is 17.4 Å². The molecule has 0 bridgehead atoms. The summed E-state index contributed by atoms with van der Waals surface area (Å²) in [5.74, 6) is 1.86. The van der Waals surface area contributed by atoms with Crippen molar-refractivity contribution in [3.63, 3.8) is 0 Å². The highest BCUT2D eigenvalue weighted by Gasteiger charge is 2.32. The summed E-state index contributed by atoms with van der Waals surface area (Å²) in [6.45, 7) is 8.33. The summed E-state index contributed by atoms with van der Waals surface area (Å²) in [7, 11) is -3.02. The van der Waals surface area contributed by atoms with Crippen molar-refractivity contribution in [3.8, 4) is 0 Å². The van der Waals surface area contributed by atoms with E-state index in [1.165, 1.54) is 0 Å². The van der Waals surface area contributed by atoms with Gasteiger partial charge in [-0.2, -0.15) is 11.8 Å². The number of rotatable bonds is 9. The predicted octanol–water partition coefficient (Wildman–Crippen LogP) is 1.59. The number of sulfone groups is 1. The summed E-state index contributed by atoms with van der Waals surface area (Å²) in [5.41, 5.74) is 0. The molecule has 0 radical (unpaired) electrons. The fourth-order valence-corrected chi connectivity index (χ4v) is 5.36. The minimum absolute atomic E-state index is 0.203. The average Bonchev–Trinajstić information content (AvgIpc) is 2.45. The maximum Gasteiger partial charge on any atom is 0.166 e. The Balaban J connectivity index is 2.58. The Kier molecular flexibility index (Phi) is 8.43. The van der Waals surface area contributed by atoms with Crippen LogP contribution in [0.1, 0.15) is 27.2 Å². The van der Waals surface area contributed by atoms with Crippen molar-refractivity contribution in [2.24, 2.45) is 0 Å². The van der Waals surface area contributed by atoms with Crippen molar-refractivity contribution in [3.05, 3.63) is 0 Å². The van der Waals surface area contributed by atoms with E-state index in [0.29, 0.717) is 31.9 Å². The van der Waals surface area contributed by atoms with Crippen LogP contribution in [0.3, 0.4) is 0 Å². The Morgan fingerprint density at radius 2 is 1.90 bits per heavy atom. The monoisotopic (exact) mass is 325 g/mol. The number of nitrogens with zero attached hydrogens (tertiary/aromatic N) is 1. The Morgan fingerprint density at radius 3 is 2.45 bits per heavy atom. The molecular weight excluding hydrogens is 298 g/mol. The van der Waals surface area contributed by atoms with Crippen molar-refractivity contribution >= 4 is 21.6 Å². The van der Waals surface area contributed by atoms with Crippen molar-refractivity contribution < 1.29 is 17.9 Å². The van der Waals surface area contributed by atoms with Gasteiger partial charge >= 0.3 is 0 Å². The van der Waals surface area contributed by atoms with Crippen LogP contribution in [0.2, 0.25) is 0 Å². The smallest absolute Gasteiger partial charge is 0.166 e. The molecule has 0 aromatic rings. The minimum Gasteiger partial charge on any atom is -0.353 e. The lowest BCUT2D eigenvalue weighted by Gasteiger charge is -2.35. The summed E-state index contributed by atoms with van der Waals surface area (Å²) in [4.78, 5) is 2.07. The molecule has 1 fully saturated rings. The third-order valence-electron chi connectivity index (χ3n) is 3.36. The Labute approximate surface area is 127 Å². The molecule has 0 N–H and O–H groups in total. The van der Waals surface area contributed by atoms with Gasteiger partial charge in [0.05, 0.1) is 0 Å². The molecule has 1 rings (SSSR count). The lowest BCUT2D eigenvalue weighted by molar-refractivity contribution is -0.141.